The third-order valence-electron chi connectivity index (χ3n) is 2.67. The first-order valence-corrected chi connectivity index (χ1v) is 5.68. The van der Waals surface area contributed by atoms with E-state index in [1.165, 1.54) is 0 Å². The van der Waals surface area contributed by atoms with Gasteiger partial charge in [0.05, 0.1) is 17.9 Å². The fourth-order valence-corrected chi connectivity index (χ4v) is 1.75. The van der Waals surface area contributed by atoms with Gasteiger partial charge in [-0.1, -0.05) is 11.6 Å². The normalized spacial score (nSPS) is 10.3. The van der Waals surface area contributed by atoms with Crippen LogP contribution in [0.1, 0.15) is 22.8 Å². The van der Waals surface area contributed by atoms with Crippen LogP contribution in [0.25, 0.3) is 0 Å². The van der Waals surface area contributed by atoms with Crippen molar-refractivity contribution < 1.29 is 14.6 Å². The van der Waals surface area contributed by atoms with Crippen molar-refractivity contribution in [2.75, 3.05) is 31.7 Å². The summed E-state index contributed by atoms with van der Waals surface area (Å²) in [4.78, 5) is 13.2. The molecule has 0 aliphatic rings. The Labute approximate surface area is 102 Å². The van der Waals surface area contributed by atoms with Gasteiger partial charge in [0.25, 0.3) is 0 Å². The number of ether oxygens (including phenoxy) is 1. The van der Waals surface area contributed by atoms with Gasteiger partial charge in [0, 0.05) is 20.2 Å². The Bertz CT molecular complexity index is 390. The van der Waals surface area contributed by atoms with E-state index in [1.54, 1.807) is 13.2 Å². The Hall–Kier alpha value is -1.55. The quantitative estimate of drug-likeness (QED) is 0.823. The minimum absolute atomic E-state index is 0.350. The maximum absolute atomic E-state index is 11.2. The van der Waals surface area contributed by atoms with E-state index in [0.717, 1.165) is 17.8 Å². The summed E-state index contributed by atoms with van der Waals surface area (Å²) in [5.74, 6) is -0.889. The Morgan fingerprint density at radius 2 is 2.18 bits per heavy atom. The smallest absolute Gasteiger partial charge is 0.337 e. The van der Waals surface area contributed by atoms with Gasteiger partial charge in [-0.3, -0.25) is 0 Å². The van der Waals surface area contributed by atoms with E-state index in [9.17, 15) is 9.90 Å². The number of aryl methyl sites for hydroxylation is 1. The van der Waals surface area contributed by atoms with Gasteiger partial charge in [0.15, 0.2) is 0 Å². The van der Waals surface area contributed by atoms with E-state index in [1.807, 2.05) is 30.9 Å². The highest BCUT2D eigenvalue weighted by Gasteiger charge is 2.14. The van der Waals surface area contributed by atoms with E-state index < -0.39 is 5.97 Å². The molecule has 0 aliphatic carbocycles. The number of carbonyl (C=O) groups is 1. The number of hydrogen-bond donors (Lipinski definition) is 1. The number of likely N-dealkylation sites (N-methyl/N-ethyl adjacent to an activating group) is 1. The molecule has 1 aromatic rings. The number of hydrogen-bond acceptors (Lipinski definition) is 3. The molecule has 0 heterocycles. The summed E-state index contributed by atoms with van der Waals surface area (Å²) in [5.41, 5.74) is 2.06. The van der Waals surface area contributed by atoms with Crippen LogP contribution < -0.4 is 4.90 Å². The van der Waals surface area contributed by atoms with Crippen LogP contribution in [0.5, 0.6) is 0 Å². The number of anilines is 1. The van der Waals surface area contributed by atoms with Crippen LogP contribution in [0, 0.1) is 6.92 Å². The molecule has 0 aromatic heterocycles. The van der Waals surface area contributed by atoms with Gasteiger partial charge in [-0.25, -0.2) is 4.79 Å². The summed E-state index contributed by atoms with van der Waals surface area (Å²) >= 11 is 0. The van der Waals surface area contributed by atoms with Crippen LogP contribution in [0.15, 0.2) is 18.2 Å². The monoisotopic (exact) mass is 237 g/mol. The second kappa shape index (κ2) is 6.25. The predicted octanol–water partition coefficient (Wildman–Crippen LogP) is 2.17. The molecule has 1 N–H and O–H groups in total. The summed E-state index contributed by atoms with van der Waals surface area (Å²) < 4.78 is 5.03. The highest BCUT2D eigenvalue weighted by Crippen LogP contribution is 2.21. The number of rotatable bonds is 6. The first kappa shape index (κ1) is 13.5. The van der Waals surface area contributed by atoms with Crippen molar-refractivity contribution in [1.82, 2.24) is 0 Å². The zero-order chi connectivity index (χ0) is 12.8. The molecule has 1 aromatic carbocycles. The molecule has 17 heavy (non-hydrogen) atoms. The molecule has 0 bridgehead atoms. The van der Waals surface area contributed by atoms with Gasteiger partial charge < -0.3 is 14.7 Å². The Morgan fingerprint density at radius 1 is 1.47 bits per heavy atom. The lowest BCUT2D eigenvalue weighted by Gasteiger charge is -2.24. The minimum Gasteiger partial charge on any atom is -0.478 e. The standard InChI is InChI=1S/C13H19NO3/c1-4-14(7-8-17-3)12-6-5-10(2)9-11(12)13(15)16/h5-6,9H,4,7-8H2,1-3H3,(H,15,16). The van der Waals surface area contributed by atoms with Crippen LogP contribution in [0.4, 0.5) is 5.69 Å². The van der Waals surface area contributed by atoms with E-state index in [-0.39, 0.29) is 0 Å². The Morgan fingerprint density at radius 3 is 2.71 bits per heavy atom. The second-order valence-electron chi connectivity index (χ2n) is 3.90. The molecular weight excluding hydrogens is 218 g/mol. The van der Waals surface area contributed by atoms with Crippen LogP contribution in [-0.4, -0.2) is 37.9 Å². The van der Waals surface area contributed by atoms with Crippen molar-refractivity contribution in [3.8, 4) is 0 Å². The second-order valence-corrected chi connectivity index (χ2v) is 3.90. The first-order chi connectivity index (χ1) is 8.10. The largest absolute Gasteiger partial charge is 0.478 e. The molecule has 94 valence electrons. The lowest BCUT2D eigenvalue weighted by atomic mass is 10.1. The summed E-state index contributed by atoms with van der Waals surface area (Å²) in [5, 5.41) is 9.20. The molecule has 0 saturated carbocycles. The number of nitrogens with zero attached hydrogens (tertiary/aromatic N) is 1. The maximum Gasteiger partial charge on any atom is 0.337 e. The summed E-state index contributed by atoms with van der Waals surface area (Å²) in [7, 11) is 1.64. The van der Waals surface area contributed by atoms with Crippen molar-refractivity contribution in [2.45, 2.75) is 13.8 Å². The van der Waals surface area contributed by atoms with Gasteiger partial charge >= 0.3 is 5.97 Å². The summed E-state index contributed by atoms with van der Waals surface area (Å²) in [6.07, 6.45) is 0. The third-order valence-corrected chi connectivity index (χ3v) is 2.67. The number of benzene rings is 1. The van der Waals surface area contributed by atoms with Gasteiger partial charge in [0.1, 0.15) is 0 Å². The molecule has 0 atom stereocenters. The van der Waals surface area contributed by atoms with Crippen LogP contribution in [-0.2, 0) is 4.74 Å². The summed E-state index contributed by atoms with van der Waals surface area (Å²) in [6.45, 7) is 5.92. The Kier molecular flexibility index (Phi) is 4.97. The molecule has 0 radical (unpaired) electrons. The average Bonchev–Trinajstić information content (AvgIpc) is 2.31. The van der Waals surface area contributed by atoms with Crippen LogP contribution in [0.2, 0.25) is 0 Å². The molecule has 4 nitrogen and oxygen atoms in total. The van der Waals surface area contributed by atoms with Crippen molar-refractivity contribution in [3.05, 3.63) is 29.3 Å². The topological polar surface area (TPSA) is 49.8 Å². The molecule has 0 aliphatic heterocycles. The molecule has 0 saturated heterocycles. The van der Waals surface area contributed by atoms with E-state index in [4.69, 9.17) is 4.74 Å². The lowest BCUT2D eigenvalue weighted by molar-refractivity contribution is 0.0697. The molecule has 0 amide bonds. The predicted molar refractivity (Wildman–Crippen MR) is 67.9 cm³/mol. The van der Waals surface area contributed by atoms with E-state index in [2.05, 4.69) is 0 Å². The Balaban J connectivity index is 3.05. The number of aromatic carboxylic acids is 1. The highest BCUT2D eigenvalue weighted by molar-refractivity contribution is 5.94. The van der Waals surface area contributed by atoms with Crippen molar-refractivity contribution in [3.63, 3.8) is 0 Å². The third kappa shape index (κ3) is 3.46. The van der Waals surface area contributed by atoms with Crippen molar-refractivity contribution in [2.24, 2.45) is 0 Å². The van der Waals surface area contributed by atoms with E-state index >= 15 is 0 Å². The number of carboxylic acid groups (broad SMARTS) is 1. The molecule has 0 unspecified atom stereocenters. The van der Waals surface area contributed by atoms with E-state index in [0.29, 0.717) is 18.7 Å². The first-order valence-electron chi connectivity index (χ1n) is 5.68. The maximum atomic E-state index is 11.2. The summed E-state index contributed by atoms with van der Waals surface area (Å²) in [6, 6.07) is 5.49. The molecule has 0 spiro atoms. The lowest BCUT2D eigenvalue weighted by Crippen LogP contribution is -2.28. The molecule has 0 fully saturated rings. The van der Waals surface area contributed by atoms with Gasteiger partial charge in [-0.15, -0.1) is 0 Å². The zero-order valence-electron chi connectivity index (χ0n) is 10.6. The SMILES string of the molecule is CCN(CCOC)c1ccc(C)cc1C(=O)O. The van der Waals surface area contributed by atoms with Crippen LogP contribution in [0.3, 0.4) is 0 Å². The van der Waals surface area contributed by atoms with Gasteiger partial charge in [0.2, 0.25) is 0 Å². The van der Waals surface area contributed by atoms with Gasteiger partial charge in [-0.2, -0.15) is 0 Å². The molecular formula is C13H19NO3. The van der Waals surface area contributed by atoms with Crippen molar-refractivity contribution >= 4 is 11.7 Å². The fraction of sp³-hybridized carbons (Fsp3) is 0.462. The zero-order valence-corrected chi connectivity index (χ0v) is 10.6. The number of methoxy groups -OCH3 is 1. The van der Waals surface area contributed by atoms with Crippen molar-refractivity contribution in [1.29, 1.82) is 0 Å². The van der Waals surface area contributed by atoms with Crippen LogP contribution >= 0.6 is 0 Å². The van der Waals surface area contributed by atoms with Gasteiger partial charge in [-0.05, 0) is 26.0 Å². The molecule has 1 rings (SSSR count). The fourth-order valence-electron chi connectivity index (χ4n) is 1.75. The number of carboxylic acids is 1. The minimum atomic E-state index is -0.889. The average molecular weight is 237 g/mol. The molecule has 4 heteroatoms. The highest BCUT2D eigenvalue weighted by atomic mass is 16.5.